The number of aromatic amines is 2. The van der Waals surface area contributed by atoms with Crippen molar-refractivity contribution in [3.05, 3.63) is 94.3 Å². The number of phenols is 1. The van der Waals surface area contributed by atoms with Crippen LogP contribution in [0.3, 0.4) is 0 Å². The summed E-state index contributed by atoms with van der Waals surface area (Å²) in [7, 11) is 1.58. The van der Waals surface area contributed by atoms with E-state index in [4.69, 9.17) is 10.5 Å². The highest BCUT2D eigenvalue weighted by molar-refractivity contribution is 5.87. The van der Waals surface area contributed by atoms with Crippen molar-refractivity contribution in [3.63, 3.8) is 0 Å². The lowest BCUT2D eigenvalue weighted by molar-refractivity contribution is 0.373. The van der Waals surface area contributed by atoms with Crippen LogP contribution < -0.4 is 10.5 Å². The number of fused-ring (bicyclic) bond motifs is 2. The van der Waals surface area contributed by atoms with E-state index in [2.05, 4.69) is 60.2 Å². The summed E-state index contributed by atoms with van der Waals surface area (Å²) in [5.74, 6) is 0.508. The fourth-order valence-electron chi connectivity index (χ4n) is 4.95. The lowest BCUT2D eigenvalue weighted by Crippen LogP contribution is -2.10. The summed E-state index contributed by atoms with van der Waals surface area (Å²) in [4.78, 5) is 7.22. The molecule has 0 aliphatic heterocycles. The molecule has 2 aromatic heterocycles. The number of ether oxygens (including phenoxy) is 1. The van der Waals surface area contributed by atoms with Crippen LogP contribution in [0.25, 0.3) is 21.8 Å². The first kappa shape index (κ1) is 21.2. The molecule has 1 atom stereocenters. The van der Waals surface area contributed by atoms with Gasteiger partial charge in [-0.2, -0.15) is 0 Å². The Labute approximate surface area is 193 Å². The minimum atomic E-state index is -0.0817. The van der Waals surface area contributed by atoms with Crippen LogP contribution in [-0.2, 0) is 6.42 Å². The summed E-state index contributed by atoms with van der Waals surface area (Å²) < 4.78 is 5.45. The van der Waals surface area contributed by atoms with Gasteiger partial charge in [-0.15, -0.1) is 0 Å². The lowest BCUT2D eigenvalue weighted by Gasteiger charge is -2.20. The zero-order chi connectivity index (χ0) is 23.1. The fraction of sp³-hybridized carbons (Fsp3) is 0.214. The molecule has 5 heteroatoms. The van der Waals surface area contributed by atoms with E-state index in [0.29, 0.717) is 12.3 Å². The van der Waals surface area contributed by atoms with Gasteiger partial charge < -0.3 is 25.5 Å². The zero-order valence-corrected chi connectivity index (χ0v) is 19.2. The molecular formula is C28H29N3O2. The fourth-order valence-corrected chi connectivity index (χ4v) is 4.95. The second kappa shape index (κ2) is 8.34. The van der Waals surface area contributed by atoms with Gasteiger partial charge in [0.05, 0.1) is 7.11 Å². The van der Waals surface area contributed by atoms with Gasteiger partial charge in [0.2, 0.25) is 0 Å². The number of phenolic OH excluding ortho intramolecular Hbond substituents is 1. The van der Waals surface area contributed by atoms with Crippen molar-refractivity contribution < 1.29 is 9.84 Å². The summed E-state index contributed by atoms with van der Waals surface area (Å²) in [6, 6.07) is 20.6. The van der Waals surface area contributed by atoms with Crippen LogP contribution in [0.1, 0.15) is 39.6 Å². The third kappa shape index (κ3) is 3.55. The Balaban J connectivity index is 1.79. The van der Waals surface area contributed by atoms with Crippen molar-refractivity contribution in [2.24, 2.45) is 5.73 Å². The number of para-hydroxylation sites is 1. The highest BCUT2D eigenvalue weighted by Gasteiger charge is 2.25. The summed E-state index contributed by atoms with van der Waals surface area (Å²) >= 11 is 0. The van der Waals surface area contributed by atoms with E-state index in [9.17, 15) is 5.11 Å². The van der Waals surface area contributed by atoms with Gasteiger partial charge in [-0.05, 0) is 73.3 Å². The average Bonchev–Trinajstić information content (AvgIpc) is 3.32. The highest BCUT2D eigenvalue weighted by atomic mass is 16.5. The van der Waals surface area contributed by atoms with Crippen molar-refractivity contribution in [2.45, 2.75) is 26.2 Å². The standard InChI is InChI=1S/C28H29N3O2/c1-16-17(2)30-24-14-18(8-10-20(16)24)27(19-9-11-25(32)26(15-19)33-3)28-22(12-13-29)21-6-4-5-7-23(21)31-28/h4-11,14-15,27,30-32H,12-13,29H2,1-3H3. The van der Waals surface area contributed by atoms with Crippen LogP contribution in [-0.4, -0.2) is 28.7 Å². The number of H-pyrrole nitrogens is 2. The summed E-state index contributed by atoms with van der Waals surface area (Å²) in [6.45, 7) is 4.82. The lowest BCUT2D eigenvalue weighted by atomic mass is 9.85. The number of nitrogens with one attached hydrogen (secondary N) is 2. The number of aromatic hydroxyl groups is 1. The largest absolute Gasteiger partial charge is 0.504 e. The Morgan fingerprint density at radius 1 is 0.909 bits per heavy atom. The number of methoxy groups -OCH3 is 1. The summed E-state index contributed by atoms with van der Waals surface area (Å²) in [5.41, 5.74) is 15.2. The molecule has 168 valence electrons. The van der Waals surface area contributed by atoms with Crippen LogP contribution in [0.2, 0.25) is 0 Å². The van der Waals surface area contributed by atoms with E-state index in [1.54, 1.807) is 13.2 Å². The molecule has 2 heterocycles. The first-order valence-electron chi connectivity index (χ1n) is 11.3. The van der Waals surface area contributed by atoms with E-state index in [1.165, 1.54) is 27.6 Å². The minimum Gasteiger partial charge on any atom is -0.504 e. The van der Waals surface area contributed by atoms with Gasteiger partial charge in [0.15, 0.2) is 11.5 Å². The van der Waals surface area contributed by atoms with Crippen molar-refractivity contribution in [1.82, 2.24) is 9.97 Å². The topological polar surface area (TPSA) is 87.1 Å². The van der Waals surface area contributed by atoms with Gasteiger partial charge in [-0.3, -0.25) is 0 Å². The average molecular weight is 440 g/mol. The highest BCUT2D eigenvalue weighted by Crippen LogP contribution is 2.40. The molecule has 0 bridgehead atoms. The van der Waals surface area contributed by atoms with Crippen LogP contribution in [0.5, 0.6) is 11.5 Å². The van der Waals surface area contributed by atoms with Gasteiger partial charge in [0.1, 0.15) is 0 Å². The predicted octanol–water partition coefficient (Wildman–Crippen LogP) is 5.66. The molecule has 0 spiro atoms. The second-order valence-corrected chi connectivity index (χ2v) is 8.65. The van der Waals surface area contributed by atoms with E-state index < -0.39 is 0 Å². The molecule has 1 unspecified atom stereocenters. The minimum absolute atomic E-state index is 0.0817. The van der Waals surface area contributed by atoms with Crippen molar-refractivity contribution in [2.75, 3.05) is 13.7 Å². The van der Waals surface area contributed by atoms with E-state index in [0.717, 1.165) is 34.3 Å². The molecule has 33 heavy (non-hydrogen) atoms. The van der Waals surface area contributed by atoms with Gasteiger partial charge in [-0.25, -0.2) is 0 Å². The molecule has 5 aromatic rings. The molecule has 0 radical (unpaired) electrons. The predicted molar refractivity (Wildman–Crippen MR) is 134 cm³/mol. The Bertz CT molecular complexity index is 1460. The molecule has 5 rings (SSSR count). The van der Waals surface area contributed by atoms with E-state index in [1.807, 2.05) is 18.2 Å². The SMILES string of the molecule is COc1cc(C(c2ccc3c(C)c(C)[nH]c3c2)c2[nH]c3ccccc3c2CCN)ccc1O. The molecule has 0 aliphatic rings. The van der Waals surface area contributed by atoms with Crippen LogP contribution in [0.15, 0.2) is 60.7 Å². The maximum Gasteiger partial charge on any atom is 0.160 e. The Hall–Kier alpha value is -3.70. The molecule has 5 N–H and O–H groups in total. The Morgan fingerprint density at radius 2 is 1.67 bits per heavy atom. The molecule has 0 aliphatic carbocycles. The maximum absolute atomic E-state index is 10.2. The normalized spacial score (nSPS) is 12.5. The van der Waals surface area contributed by atoms with Gasteiger partial charge in [-0.1, -0.05) is 36.4 Å². The van der Waals surface area contributed by atoms with Gasteiger partial charge in [0.25, 0.3) is 0 Å². The molecule has 0 fully saturated rings. The van der Waals surface area contributed by atoms with Crippen molar-refractivity contribution >= 4 is 21.8 Å². The molecule has 0 saturated carbocycles. The quantitative estimate of drug-likeness (QED) is 0.275. The summed E-state index contributed by atoms with van der Waals surface area (Å²) in [5, 5.41) is 12.7. The summed E-state index contributed by atoms with van der Waals surface area (Å²) in [6.07, 6.45) is 0.772. The first-order chi connectivity index (χ1) is 16.0. The van der Waals surface area contributed by atoms with Gasteiger partial charge in [0, 0.05) is 39.1 Å². The number of aryl methyl sites for hydroxylation is 2. The molecule has 3 aromatic carbocycles. The van der Waals surface area contributed by atoms with Crippen molar-refractivity contribution in [1.29, 1.82) is 0 Å². The number of hydrogen-bond acceptors (Lipinski definition) is 3. The molecule has 5 nitrogen and oxygen atoms in total. The molecular weight excluding hydrogens is 410 g/mol. The Morgan fingerprint density at radius 3 is 2.45 bits per heavy atom. The zero-order valence-electron chi connectivity index (χ0n) is 19.2. The van der Waals surface area contributed by atoms with Crippen LogP contribution in [0, 0.1) is 13.8 Å². The second-order valence-electron chi connectivity index (χ2n) is 8.65. The van der Waals surface area contributed by atoms with Crippen molar-refractivity contribution in [3.8, 4) is 11.5 Å². The number of hydrogen-bond donors (Lipinski definition) is 4. The third-order valence-electron chi connectivity index (χ3n) is 6.73. The first-order valence-corrected chi connectivity index (χ1v) is 11.3. The van der Waals surface area contributed by atoms with E-state index in [-0.39, 0.29) is 11.7 Å². The molecule has 0 saturated heterocycles. The number of rotatable bonds is 6. The smallest absolute Gasteiger partial charge is 0.160 e. The van der Waals surface area contributed by atoms with Crippen LogP contribution >= 0.6 is 0 Å². The van der Waals surface area contributed by atoms with Gasteiger partial charge >= 0.3 is 0 Å². The Kier molecular flexibility index (Phi) is 5.35. The maximum atomic E-state index is 10.2. The van der Waals surface area contributed by atoms with Crippen LogP contribution in [0.4, 0.5) is 0 Å². The third-order valence-corrected chi connectivity index (χ3v) is 6.73. The monoisotopic (exact) mass is 439 g/mol. The van der Waals surface area contributed by atoms with E-state index >= 15 is 0 Å². The number of benzene rings is 3. The molecule has 0 amide bonds. The number of aromatic nitrogens is 2. The number of nitrogens with two attached hydrogens (primary N) is 1.